The van der Waals surface area contributed by atoms with E-state index in [4.69, 9.17) is 38.6 Å². The van der Waals surface area contributed by atoms with Gasteiger partial charge in [-0.3, -0.25) is 17.9 Å². The van der Waals surface area contributed by atoms with Gasteiger partial charge < -0.3 is 34.6 Å². The summed E-state index contributed by atoms with van der Waals surface area (Å²) < 4.78 is 73.0. The molecule has 0 radical (unpaired) electrons. The van der Waals surface area contributed by atoms with Crippen LogP contribution in [-0.4, -0.2) is 88.2 Å². The van der Waals surface area contributed by atoms with E-state index in [-0.39, 0.29) is 30.0 Å². The van der Waals surface area contributed by atoms with E-state index < -0.39 is 0 Å². The maximum Gasteiger partial charge on any atom is 0.213 e. The second-order valence-corrected chi connectivity index (χ2v) is 24.1. The van der Waals surface area contributed by atoms with Crippen molar-refractivity contribution >= 4 is 45.8 Å². The summed E-state index contributed by atoms with van der Waals surface area (Å²) in [6.45, 7) is 18.1. The molecular weight excluding hydrogens is 1200 g/mol. The van der Waals surface area contributed by atoms with Crippen molar-refractivity contribution in [1.82, 2.24) is 67.8 Å². The summed E-state index contributed by atoms with van der Waals surface area (Å²) in [4.78, 5) is 41.7. The number of benzene rings is 3. The first-order valence-corrected chi connectivity index (χ1v) is 31.2. The first-order chi connectivity index (χ1) is 45.5. The average molecular weight is 1270 g/mol. The monoisotopic (exact) mass is 1270 g/mol. The van der Waals surface area contributed by atoms with Crippen LogP contribution in [0.2, 0.25) is 0 Å². The van der Waals surface area contributed by atoms with E-state index in [9.17, 15) is 13.2 Å². The molecule has 3 N–H and O–H groups in total. The summed E-state index contributed by atoms with van der Waals surface area (Å²) in [6, 6.07) is 13.3. The zero-order valence-corrected chi connectivity index (χ0v) is 53.4. The molecule has 2 aliphatic heterocycles. The number of aromatic nitrogens is 14. The molecule has 478 valence electrons. The summed E-state index contributed by atoms with van der Waals surface area (Å²) in [7, 11) is 1.59. The number of fused-ring (bicyclic) bond motifs is 6. The third-order valence-electron chi connectivity index (χ3n) is 17.2. The summed E-state index contributed by atoms with van der Waals surface area (Å²) >= 11 is 0. The molecule has 0 unspecified atom stereocenters. The second-order valence-electron chi connectivity index (χ2n) is 24.1. The predicted molar refractivity (Wildman–Crippen MR) is 351 cm³/mol. The number of methoxy groups -OCH3 is 1. The van der Waals surface area contributed by atoms with Crippen LogP contribution in [0.5, 0.6) is 17.4 Å². The van der Waals surface area contributed by atoms with Gasteiger partial charge in [0.05, 0.1) is 49.4 Å². The molecule has 13 aromatic rings. The fourth-order valence-corrected chi connectivity index (χ4v) is 12.2. The zero-order chi connectivity index (χ0) is 65.1. The van der Waals surface area contributed by atoms with Crippen molar-refractivity contribution in [3.05, 3.63) is 196 Å². The maximum absolute atomic E-state index is 14.5. The van der Waals surface area contributed by atoms with Crippen molar-refractivity contribution < 1.29 is 31.8 Å². The van der Waals surface area contributed by atoms with Crippen molar-refractivity contribution in [1.29, 1.82) is 0 Å². The van der Waals surface area contributed by atoms with Gasteiger partial charge in [-0.2, -0.15) is 5.10 Å². The van der Waals surface area contributed by atoms with Gasteiger partial charge in [-0.15, -0.1) is 0 Å². The van der Waals surface area contributed by atoms with E-state index in [1.807, 2.05) is 103 Å². The Hall–Kier alpha value is -10.9. The van der Waals surface area contributed by atoms with E-state index in [2.05, 4.69) is 59.8 Å². The molecule has 24 heteroatoms. The molecule has 10 aromatic heterocycles. The van der Waals surface area contributed by atoms with E-state index in [1.165, 1.54) is 18.2 Å². The maximum atomic E-state index is 14.5. The fourth-order valence-electron chi connectivity index (χ4n) is 12.2. The number of nitrogens with zero attached hydrogens (tertiary/aromatic N) is 14. The summed E-state index contributed by atoms with van der Waals surface area (Å²) in [6.07, 6.45) is 22.1. The lowest BCUT2D eigenvalue weighted by atomic mass is 10.0. The van der Waals surface area contributed by atoms with Crippen LogP contribution >= 0.6 is 0 Å². The first-order valence-electron chi connectivity index (χ1n) is 31.2. The van der Waals surface area contributed by atoms with E-state index in [0.717, 1.165) is 137 Å². The highest BCUT2D eigenvalue weighted by Gasteiger charge is 2.28. The molecule has 21 nitrogen and oxygen atoms in total. The molecule has 16 rings (SSSR count). The van der Waals surface area contributed by atoms with Crippen molar-refractivity contribution in [3.63, 3.8) is 0 Å². The highest BCUT2D eigenvalue weighted by Crippen LogP contribution is 2.40. The Morgan fingerprint density at radius 2 is 1.03 bits per heavy atom. The van der Waals surface area contributed by atoms with Gasteiger partial charge in [0.2, 0.25) is 23.7 Å². The van der Waals surface area contributed by atoms with Gasteiger partial charge in [0.25, 0.3) is 0 Å². The van der Waals surface area contributed by atoms with Gasteiger partial charge in [-0.25, -0.2) is 58.0 Å². The molecule has 0 atom stereocenters. The Morgan fingerprint density at radius 1 is 0.543 bits per heavy atom. The van der Waals surface area contributed by atoms with Crippen LogP contribution < -0.4 is 30.2 Å². The Bertz CT molecular complexity index is 5070. The number of hydrogen-bond acceptors (Lipinski definition) is 17. The predicted octanol–water partition coefficient (Wildman–Crippen LogP) is 13.8. The smallest absolute Gasteiger partial charge is 0.213 e. The summed E-state index contributed by atoms with van der Waals surface area (Å²) in [5, 5.41) is 15.2. The largest absolute Gasteiger partial charge is 0.493 e. The van der Waals surface area contributed by atoms with Crippen molar-refractivity contribution in [2.24, 2.45) is 0 Å². The molecule has 1 aliphatic carbocycles. The number of pyridine rings is 1. The molecule has 1 saturated carbocycles. The van der Waals surface area contributed by atoms with Crippen molar-refractivity contribution in [2.75, 3.05) is 36.3 Å². The second kappa shape index (κ2) is 24.9. The van der Waals surface area contributed by atoms with Crippen LogP contribution in [0.15, 0.2) is 115 Å². The molecule has 94 heavy (non-hydrogen) atoms. The molecule has 3 aliphatic rings. The van der Waals surface area contributed by atoms with Crippen LogP contribution in [-0.2, 0) is 32.5 Å². The van der Waals surface area contributed by atoms with Crippen LogP contribution in [0.25, 0.3) is 61.3 Å². The van der Waals surface area contributed by atoms with Gasteiger partial charge >= 0.3 is 0 Å². The number of nitrogens with one attached hydrogen (secondary N) is 3. The average Bonchev–Trinajstić information content (AvgIpc) is 1.57. The SMILES string of the molecule is COc1cc(C)c(-c2cnc(NCc3c(F)ccc4c3CCO4)n3cc(C)nc23)cn1.Cc1cn2c(NCc3c(F)ccc4c3CCO4)ncc(-c3cn(C(C)C)nc3C)c2n1.Cc1cn2c(NCc3c(F)ccc4occc34)ncc(-c3cnc(C4CC4)nc3C)c2n1. The fraction of sp³-hybridized carbons (Fsp3) is 0.286. The van der Waals surface area contributed by atoms with Crippen LogP contribution in [0.3, 0.4) is 0 Å². The van der Waals surface area contributed by atoms with E-state index in [0.29, 0.717) is 84.6 Å². The standard InChI is InChI=1S/C24H21FN6O.C23H25FN6O.C23H22FN5O2/c1-13-12-31-23(29-13)19(17-9-26-22(15-3-4-15)30-14(17)2)11-28-24(31)27-10-18-16-7-8-32-21(16)6-5-20(18)25;1-13(2)30-12-19(15(4)28-30)18-10-26-23(29-11-14(3)27-22(18)29)25-9-17-16-7-8-31-21(16)6-5-20(17)24;1-13-8-21(30-3)25-9-16(13)18-11-27-23(29-12-14(2)28-22(18)29)26-10-17-15-6-7-31-20(15)5-4-19(17)24/h5-9,11-12,15H,3-4,10H2,1-2H3,(H,27,28);5-6,10-13H,7-9H2,1-4H3,(H,25,26);4-5,8-9,11-12H,6-7,10H2,1-3H3,(H,26,27). The van der Waals surface area contributed by atoms with Crippen LogP contribution in [0, 0.1) is 59.0 Å². The van der Waals surface area contributed by atoms with Gasteiger partial charge in [-0.05, 0) is 116 Å². The normalized spacial score (nSPS) is 13.2. The lowest BCUT2D eigenvalue weighted by molar-refractivity contribution is 0.356. The molecule has 12 heterocycles. The third kappa shape index (κ3) is 11.7. The summed E-state index contributed by atoms with van der Waals surface area (Å²) in [5.41, 5.74) is 17.5. The molecule has 0 spiro atoms. The van der Waals surface area contributed by atoms with Gasteiger partial charge in [0.1, 0.15) is 57.3 Å². The third-order valence-corrected chi connectivity index (χ3v) is 17.2. The van der Waals surface area contributed by atoms with Crippen molar-refractivity contribution in [2.45, 2.75) is 113 Å². The minimum Gasteiger partial charge on any atom is -0.493 e. The number of imidazole rings is 3. The number of furan rings is 1. The number of aryl methyl sites for hydroxylation is 6. The topological polar surface area (TPSA) is 224 Å². The molecular formula is C70H68F3N17O4. The lowest BCUT2D eigenvalue weighted by Gasteiger charge is -2.14. The zero-order valence-electron chi connectivity index (χ0n) is 53.4. The van der Waals surface area contributed by atoms with Crippen LogP contribution in [0.1, 0.15) is 106 Å². The van der Waals surface area contributed by atoms with E-state index >= 15 is 0 Å². The Kier molecular flexibility index (Phi) is 16.1. The van der Waals surface area contributed by atoms with Gasteiger partial charge in [0, 0.05) is 179 Å². The van der Waals surface area contributed by atoms with Gasteiger partial charge in [-0.1, -0.05) is 0 Å². The number of hydrogen-bond donors (Lipinski definition) is 3. The minimum atomic E-state index is -0.287. The van der Waals surface area contributed by atoms with Gasteiger partial charge in [0.15, 0.2) is 0 Å². The molecule has 1 fully saturated rings. The van der Waals surface area contributed by atoms with Crippen LogP contribution in [0.4, 0.5) is 31.0 Å². The Balaban J connectivity index is 0.000000122. The Morgan fingerprint density at radius 3 is 1.53 bits per heavy atom. The first kappa shape index (κ1) is 60.6. The highest BCUT2D eigenvalue weighted by molar-refractivity contribution is 5.83. The molecule has 0 amide bonds. The number of rotatable bonds is 15. The molecule has 0 bridgehead atoms. The highest BCUT2D eigenvalue weighted by atomic mass is 19.1. The molecule has 0 saturated heterocycles. The Labute approximate surface area is 538 Å². The number of ether oxygens (including phenoxy) is 3. The number of anilines is 3. The number of halogens is 3. The molecule has 3 aromatic carbocycles. The lowest BCUT2D eigenvalue weighted by Crippen LogP contribution is -2.10. The van der Waals surface area contributed by atoms with Crippen molar-refractivity contribution in [3.8, 4) is 50.8 Å². The minimum absolute atomic E-state index is 0.233. The quantitative estimate of drug-likeness (QED) is 0.0868. The van der Waals surface area contributed by atoms with E-state index in [1.54, 1.807) is 56.2 Å². The summed E-state index contributed by atoms with van der Waals surface area (Å²) in [5.74, 6) is 4.53.